The topological polar surface area (TPSA) is 49.3 Å². The quantitative estimate of drug-likeness (QED) is 0.311. The van der Waals surface area contributed by atoms with Crippen molar-refractivity contribution in [3.05, 3.63) is 36.1 Å². The van der Waals surface area contributed by atoms with Crippen molar-refractivity contribution in [3.8, 4) is 0 Å². The third kappa shape index (κ3) is 11.0. The Hall–Kier alpha value is -0.551. The molecular formula is C15H25NO2Sn. The second-order valence-corrected chi connectivity index (χ2v) is 8.55. The SMILES string of the molecule is CCC[CH2][Sn][CH2]CCC.O=C1C=CC=CC1=CNO. The van der Waals surface area contributed by atoms with Crippen LogP contribution >= 0.6 is 0 Å². The van der Waals surface area contributed by atoms with E-state index in [2.05, 4.69) is 13.8 Å². The summed E-state index contributed by atoms with van der Waals surface area (Å²) in [6.07, 6.45) is 13.5. The Morgan fingerprint density at radius 1 is 1.16 bits per heavy atom. The summed E-state index contributed by atoms with van der Waals surface area (Å²) in [6, 6.07) is 0. The zero-order valence-electron chi connectivity index (χ0n) is 12.0. The molecule has 4 heteroatoms. The van der Waals surface area contributed by atoms with E-state index in [1.165, 1.54) is 38.0 Å². The molecule has 1 rings (SSSR count). The average molecular weight is 370 g/mol. The van der Waals surface area contributed by atoms with Crippen molar-refractivity contribution in [1.82, 2.24) is 5.48 Å². The smallest absolute Gasteiger partial charge is 0.187 e. The molecule has 2 radical (unpaired) electrons. The third-order valence-electron chi connectivity index (χ3n) is 2.55. The molecule has 0 fully saturated rings. The summed E-state index contributed by atoms with van der Waals surface area (Å²) in [4.78, 5) is 10.8. The summed E-state index contributed by atoms with van der Waals surface area (Å²) < 4.78 is 3.25. The Morgan fingerprint density at radius 2 is 1.74 bits per heavy atom. The van der Waals surface area contributed by atoms with Gasteiger partial charge in [0.25, 0.3) is 0 Å². The predicted molar refractivity (Wildman–Crippen MR) is 81.5 cm³/mol. The van der Waals surface area contributed by atoms with E-state index < -0.39 is 0 Å². The Balaban J connectivity index is 0.000000344. The molecule has 0 bridgehead atoms. The number of hydrogen-bond donors (Lipinski definition) is 2. The molecule has 0 aromatic carbocycles. The van der Waals surface area contributed by atoms with Crippen molar-refractivity contribution in [1.29, 1.82) is 0 Å². The van der Waals surface area contributed by atoms with Gasteiger partial charge in [-0.1, -0.05) is 12.2 Å². The van der Waals surface area contributed by atoms with Gasteiger partial charge in [0.2, 0.25) is 0 Å². The largest absolute Gasteiger partial charge is 0.292 e. The van der Waals surface area contributed by atoms with Gasteiger partial charge < -0.3 is 0 Å². The molecule has 0 unspecified atom stereocenters. The van der Waals surface area contributed by atoms with Crippen LogP contribution in [0, 0.1) is 0 Å². The maximum absolute atomic E-state index is 10.8. The van der Waals surface area contributed by atoms with E-state index in [4.69, 9.17) is 5.21 Å². The minimum atomic E-state index is -0.107. The van der Waals surface area contributed by atoms with Crippen LogP contribution in [0.25, 0.3) is 0 Å². The van der Waals surface area contributed by atoms with Gasteiger partial charge in [-0.05, 0) is 12.2 Å². The van der Waals surface area contributed by atoms with E-state index >= 15 is 0 Å². The summed E-state index contributed by atoms with van der Waals surface area (Å²) in [5, 5.41) is 8.20. The summed E-state index contributed by atoms with van der Waals surface area (Å²) in [5.74, 6) is -0.107. The molecule has 0 atom stereocenters. The Kier molecular flexibility index (Phi) is 13.5. The fraction of sp³-hybridized carbons (Fsp3) is 0.533. The number of nitrogens with one attached hydrogen (secondary N) is 1. The van der Waals surface area contributed by atoms with Crippen molar-refractivity contribution < 1.29 is 10.0 Å². The van der Waals surface area contributed by atoms with Gasteiger partial charge in [-0.25, -0.2) is 0 Å². The first-order chi connectivity index (χ1) is 9.26. The van der Waals surface area contributed by atoms with Crippen LogP contribution in [-0.4, -0.2) is 32.1 Å². The number of ketones is 1. The number of carbonyl (C=O) groups is 1. The van der Waals surface area contributed by atoms with Crippen LogP contribution in [-0.2, 0) is 4.79 Å². The first-order valence-corrected chi connectivity index (χ1v) is 11.0. The number of rotatable bonds is 7. The number of hydroxylamine groups is 1. The molecule has 1 aliphatic rings. The van der Waals surface area contributed by atoms with Gasteiger partial charge in [0.05, 0.1) is 0 Å². The van der Waals surface area contributed by atoms with Gasteiger partial charge in [0.15, 0.2) is 5.78 Å². The van der Waals surface area contributed by atoms with Crippen molar-refractivity contribution in [2.24, 2.45) is 0 Å². The molecule has 0 heterocycles. The van der Waals surface area contributed by atoms with Gasteiger partial charge in [-0.15, -0.1) is 0 Å². The van der Waals surface area contributed by atoms with E-state index in [9.17, 15) is 4.79 Å². The molecule has 2 N–H and O–H groups in total. The molecule has 0 saturated carbocycles. The second-order valence-electron chi connectivity index (χ2n) is 4.27. The van der Waals surface area contributed by atoms with Crippen LogP contribution in [0.4, 0.5) is 0 Å². The summed E-state index contributed by atoms with van der Waals surface area (Å²) >= 11 is 0.149. The summed E-state index contributed by atoms with van der Waals surface area (Å²) in [6.45, 7) is 4.58. The standard InChI is InChI=1S/C7H7NO2.2C4H9.Sn/c9-7-4-2-1-3-6(7)5-8-10;2*1-3-4-2;/h1-5,8,10H;2*1,3-4H2,2H3;. The number of hydrogen-bond acceptors (Lipinski definition) is 3. The molecule has 0 spiro atoms. The minimum Gasteiger partial charge on any atom is -0.292 e. The molecular weight excluding hydrogens is 345 g/mol. The van der Waals surface area contributed by atoms with Crippen LogP contribution in [0.5, 0.6) is 0 Å². The fourth-order valence-electron chi connectivity index (χ4n) is 1.40. The van der Waals surface area contributed by atoms with Gasteiger partial charge in [-0.2, -0.15) is 0 Å². The van der Waals surface area contributed by atoms with Crippen LogP contribution < -0.4 is 5.48 Å². The molecule has 0 aromatic heterocycles. The normalized spacial score (nSPS) is 15.3. The number of unbranched alkanes of at least 4 members (excludes halogenated alkanes) is 2. The van der Waals surface area contributed by atoms with Crippen molar-refractivity contribution >= 4 is 26.9 Å². The van der Waals surface area contributed by atoms with Crippen LogP contribution in [0.2, 0.25) is 8.87 Å². The molecule has 1 aliphatic carbocycles. The Morgan fingerprint density at radius 3 is 2.21 bits per heavy atom. The van der Waals surface area contributed by atoms with E-state index in [1.807, 2.05) is 0 Å². The van der Waals surface area contributed by atoms with E-state index in [-0.39, 0.29) is 26.9 Å². The van der Waals surface area contributed by atoms with E-state index in [1.54, 1.807) is 32.6 Å². The Bertz CT molecular complexity index is 316. The molecule has 0 aromatic rings. The summed E-state index contributed by atoms with van der Waals surface area (Å²) in [7, 11) is 0. The van der Waals surface area contributed by atoms with Crippen molar-refractivity contribution in [3.63, 3.8) is 0 Å². The van der Waals surface area contributed by atoms with Crippen molar-refractivity contribution in [2.45, 2.75) is 48.4 Å². The molecule has 0 amide bonds. The average Bonchev–Trinajstić information content (AvgIpc) is 2.42. The van der Waals surface area contributed by atoms with E-state index in [0.29, 0.717) is 5.57 Å². The van der Waals surface area contributed by atoms with E-state index in [0.717, 1.165) is 0 Å². The zero-order chi connectivity index (χ0) is 14.3. The molecule has 106 valence electrons. The van der Waals surface area contributed by atoms with Crippen molar-refractivity contribution in [2.75, 3.05) is 0 Å². The van der Waals surface area contributed by atoms with Gasteiger partial charge in [0, 0.05) is 11.8 Å². The molecule has 3 nitrogen and oxygen atoms in total. The van der Waals surface area contributed by atoms with Crippen LogP contribution in [0.3, 0.4) is 0 Å². The first kappa shape index (κ1) is 18.4. The van der Waals surface area contributed by atoms with Gasteiger partial charge >= 0.3 is 69.5 Å². The summed E-state index contributed by atoms with van der Waals surface area (Å²) in [5.41, 5.74) is 2.25. The Labute approximate surface area is 127 Å². The number of carbonyl (C=O) groups excluding carboxylic acids is 1. The first-order valence-electron chi connectivity index (χ1n) is 6.95. The predicted octanol–water partition coefficient (Wildman–Crippen LogP) is 3.67. The minimum absolute atomic E-state index is 0.107. The number of allylic oxidation sites excluding steroid dienone is 5. The third-order valence-corrected chi connectivity index (χ3v) is 6.59. The maximum atomic E-state index is 10.8. The van der Waals surface area contributed by atoms with Gasteiger partial charge in [0.1, 0.15) is 0 Å². The fourth-order valence-corrected chi connectivity index (χ4v) is 5.56. The van der Waals surface area contributed by atoms with Crippen LogP contribution in [0.1, 0.15) is 39.5 Å². The molecule has 0 saturated heterocycles. The maximum Gasteiger partial charge on any atom is 0.187 e. The monoisotopic (exact) mass is 371 g/mol. The van der Waals surface area contributed by atoms with Gasteiger partial charge in [-0.3, -0.25) is 15.5 Å². The molecule has 19 heavy (non-hydrogen) atoms. The molecule has 0 aliphatic heterocycles. The zero-order valence-corrected chi connectivity index (χ0v) is 14.8. The second kappa shape index (κ2) is 13.9. The van der Waals surface area contributed by atoms with Crippen LogP contribution in [0.15, 0.2) is 36.1 Å².